The summed E-state index contributed by atoms with van der Waals surface area (Å²) in [6.45, 7) is 2.10. The minimum atomic E-state index is 0.865. The summed E-state index contributed by atoms with van der Waals surface area (Å²) in [6, 6.07) is 21.0. The van der Waals surface area contributed by atoms with E-state index in [1.165, 1.54) is 15.8 Å². The molecular weight excluding hydrogens is 250 g/mol. The van der Waals surface area contributed by atoms with Gasteiger partial charge in [0.1, 0.15) is 0 Å². The van der Waals surface area contributed by atoms with Crippen molar-refractivity contribution < 1.29 is 0 Å². The summed E-state index contributed by atoms with van der Waals surface area (Å²) in [6.07, 6.45) is 0. The van der Waals surface area contributed by atoms with Gasteiger partial charge in [-0.2, -0.15) is 0 Å². The molecule has 0 radical (unpaired) electrons. The fourth-order valence-corrected chi connectivity index (χ4v) is 2.98. The van der Waals surface area contributed by atoms with Crippen molar-refractivity contribution in [1.29, 1.82) is 0 Å². The number of nitrogens with two attached hydrogens (primary N) is 1. The van der Waals surface area contributed by atoms with Gasteiger partial charge in [0.2, 0.25) is 0 Å². The van der Waals surface area contributed by atoms with Gasteiger partial charge in [-0.3, -0.25) is 0 Å². The molecule has 3 aromatic rings. The molecule has 0 saturated carbocycles. The Morgan fingerprint density at radius 1 is 0.842 bits per heavy atom. The quantitative estimate of drug-likeness (QED) is 0.668. The summed E-state index contributed by atoms with van der Waals surface area (Å²) >= 11 is 1.71. The van der Waals surface area contributed by atoms with Gasteiger partial charge in [-0.05, 0) is 30.5 Å². The molecule has 0 fully saturated rings. The van der Waals surface area contributed by atoms with E-state index in [4.69, 9.17) is 5.73 Å². The molecular formula is C17H15NS. The van der Waals surface area contributed by atoms with Crippen molar-refractivity contribution in [2.24, 2.45) is 0 Å². The Morgan fingerprint density at radius 3 is 2.37 bits per heavy atom. The molecule has 2 N–H and O–H groups in total. The molecule has 0 saturated heterocycles. The third-order valence-corrected chi connectivity index (χ3v) is 4.26. The molecule has 2 heteroatoms. The van der Waals surface area contributed by atoms with Crippen LogP contribution in [0.25, 0.3) is 10.8 Å². The van der Waals surface area contributed by atoms with E-state index in [0.717, 1.165) is 16.0 Å². The molecule has 0 aromatic heterocycles. The molecule has 0 amide bonds. The molecule has 94 valence electrons. The molecule has 0 spiro atoms. The average Bonchev–Trinajstić information content (AvgIpc) is 2.45. The third-order valence-electron chi connectivity index (χ3n) is 3.18. The first-order valence-electron chi connectivity index (χ1n) is 6.26. The Bertz CT molecular complexity index is 717. The van der Waals surface area contributed by atoms with Crippen LogP contribution < -0.4 is 5.73 Å². The lowest BCUT2D eigenvalue weighted by atomic mass is 10.1. The van der Waals surface area contributed by atoms with E-state index in [0.29, 0.717) is 0 Å². The molecule has 0 aliphatic heterocycles. The molecule has 0 heterocycles. The SMILES string of the molecule is Cc1ccc(Sc2ccc3ccccc3c2N)cc1. The van der Waals surface area contributed by atoms with Gasteiger partial charge in [0.15, 0.2) is 0 Å². The Morgan fingerprint density at radius 2 is 1.58 bits per heavy atom. The van der Waals surface area contributed by atoms with Gasteiger partial charge in [0.05, 0.1) is 5.69 Å². The molecule has 3 aromatic carbocycles. The van der Waals surface area contributed by atoms with Crippen LogP contribution in [-0.4, -0.2) is 0 Å². The summed E-state index contributed by atoms with van der Waals surface area (Å²) < 4.78 is 0. The monoisotopic (exact) mass is 265 g/mol. The number of benzene rings is 3. The van der Waals surface area contributed by atoms with Gasteiger partial charge in [-0.25, -0.2) is 0 Å². The van der Waals surface area contributed by atoms with Crippen LogP contribution in [-0.2, 0) is 0 Å². The van der Waals surface area contributed by atoms with E-state index in [-0.39, 0.29) is 0 Å². The summed E-state index contributed by atoms with van der Waals surface area (Å²) in [5, 5.41) is 2.31. The molecule has 0 aliphatic carbocycles. The van der Waals surface area contributed by atoms with E-state index in [2.05, 4.69) is 55.5 Å². The smallest absolute Gasteiger partial charge is 0.0535 e. The van der Waals surface area contributed by atoms with Gasteiger partial charge < -0.3 is 5.73 Å². The first-order valence-corrected chi connectivity index (χ1v) is 7.07. The van der Waals surface area contributed by atoms with Crippen LogP contribution in [0.15, 0.2) is 70.5 Å². The van der Waals surface area contributed by atoms with Crippen molar-refractivity contribution in [2.75, 3.05) is 5.73 Å². The largest absolute Gasteiger partial charge is 0.397 e. The topological polar surface area (TPSA) is 26.0 Å². The molecule has 0 unspecified atom stereocenters. The lowest BCUT2D eigenvalue weighted by Crippen LogP contribution is -1.90. The van der Waals surface area contributed by atoms with Gasteiger partial charge in [-0.1, -0.05) is 59.8 Å². The van der Waals surface area contributed by atoms with Crippen LogP contribution in [0.2, 0.25) is 0 Å². The number of nitrogen functional groups attached to an aromatic ring is 1. The Labute approximate surface area is 117 Å². The Hall–Kier alpha value is -1.93. The van der Waals surface area contributed by atoms with E-state index in [1.807, 2.05) is 12.1 Å². The molecule has 1 nitrogen and oxygen atoms in total. The van der Waals surface area contributed by atoms with Gasteiger partial charge in [-0.15, -0.1) is 0 Å². The van der Waals surface area contributed by atoms with Crippen LogP contribution in [0, 0.1) is 6.92 Å². The number of aryl methyl sites for hydroxylation is 1. The van der Waals surface area contributed by atoms with E-state index in [1.54, 1.807) is 11.8 Å². The fraction of sp³-hybridized carbons (Fsp3) is 0.0588. The lowest BCUT2D eigenvalue weighted by molar-refractivity contribution is 1.37. The highest BCUT2D eigenvalue weighted by molar-refractivity contribution is 7.99. The maximum absolute atomic E-state index is 6.28. The second kappa shape index (κ2) is 4.98. The van der Waals surface area contributed by atoms with E-state index >= 15 is 0 Å². The van der Waals surface area contributed by atoms with Crippen molar-refractivity contribution in [2.45, 2.75) is 16.7 Å². The standard InChI is InChI=1S/C17H15NS/c1-12-6-9-14(10-7-12)19-16-11-8-13-4-2-3-5-15(13)17(16)18/h2-11H,18H2,1H3. The highest BCUT2D eigenvalue weighted by Crippen LogP contribution is 2.36. The van der Waals surface area contributed by atoms with Crippen molar-refractivity contribution in [1.82, 2.24) is 0 Å². The first-order chi connectivity index (χ1) is 9.24. The normalized spacial score (nSPS) is 10.8. The van der Waals surface area contributed by atoms with Crippen LogP contribution in [0.3, 0.4) is 0 Å². The van der Waals surface area contributed by atoms with Crippen molar-refractivity contribution in [3.8, 4) is 0 Å². The molecule has 19 heavy (non-hydrogen) atoms. The predicted octanol–water partition coefficient (Wildman–Crippen LogP) is 4.88. The zero-order chi connectivity index (χ0) is 13.2. The molecule has 3 rings (SSSR count). The highest BCUT2D eigenvalue weighted by Gasteiger charge is 2.05. The lowest BCUT2D eigenvalue weighted by Gasteiger charge is -2.09. The van der Waals surface area contributed by atoms with Gasteiger partial charge in [0.25, 0.3) is 0 Å². The number of hydrogen-bond donors (Lipinski definition) is 1. The highest BCUT2D eigenvalue weighted by atomic mass is 32.2. The van der Waals surface area contributed by atoms with Gasteiger partial charge in [0, 0.05) is 15.2 Å². The van der Waals surface area contributed by atoms with Gasteiger partial charge >= 0.3 is 0 Å². The number of hydrogen-bond acceptors (Lipinski definition) is 2. The molecule has 0 atom stereocenters. The summed E-state index contributed by atoms with van der Waals surface area (Å²) in [5.74, 6) is 0. The number of fused-ring (bicyclic) bond motifs is 1. The van der Waals surface area contributed by atoms with Crippen molar-refractivity contribution >= 4 is 28.2 Å². The third kappa shape index (κ3) is 2.45. The zero-order valence-electron chi connectivity index (χ0n) is 10.8. The maximum atomic E-state index is 6.28. The zero-order valence-corrected chi connectivity index (χ0v) is 11.6. The van der Waals surface area contributed by atoms with Crippen LogP contribution in [0.4, 0.5) is 5.69 Å². The summed E-state index contributed by atoms with van der Waals surface area (Å²) in [7, 11) is 0. The fourth-order valence-electron chi connectivity index (χ4n) is 2.10. The molecule has 0 bridgehead atoms. The molecule has 0 aliphatic rings. The first kappa shape index (κ1) is 12.1. The second-order valence-corrected chi connectivity index (χ2v) is 5.73. The van der Waals surface area contributed by atoms with Crippen molar-refractivity contribution in [3.63, 3.8) is 0 Å². The minimum absolute atomic E-state index is 0.865. The predicted molar refractivity (Wildman–Crippen MR) is 83.7 cm³/mol. The van der Waals surface area contributed by atoms with E-state index in [9.17, 15) is 0 Å². The van der Waals surface area contributed by atoms with Crippen molar-refractivity contribution in [3.05, 3.63) is 66.2 Å². The summed E-state index contributed by atoms with van der Waals surface area (Å²) in [4.78, 5) is 2.33. The summed E-state index contributed by atoms with van der Waals surface area (Å²) in [5.41, 5.74) is 8.41. The Kier molecular flexibility index (Phi) is 3.18. The maximum Gasteiger partial charge on any atom is 0.0535 e. The minimum Gasteiger partial charge on any atom is -0.397 e. The Balaban J connectivity index is 2.01. The number of anilines is 1. The van der Waals surface area contributed by atoms with Crippen LogP contribution >= 0.6 is 11.8 Å². The number of rotatable bonds is 2. The van der Waals surface area contributed by atoms with Crippen LogP contribution in [0.1, 0.15) is 5.56 Å². The average molecular weight is 265 g/mol. The van der Waals surface area contributed by atoms with Crippen LogP contribution in [0.5, 0.6) is 0 Å². The van der Waals surface area contributed by atoms with E-state index < -0.39 is 0 Å². The second-order valence-electron chi connectivity index (χ2n) is 4.61.